The molecule has 1 heteroatoms. The Labute approximate surface area is 80.1 Å². The molecule has 0 bridgehead atoms. The van der Waals surface area contributed by atoms with Crippen LogP contribution in [0.15, 0.2) is 60.4 Å². The van der Waals surface area contributed by atoms with E-state index in [2.05, 4.69) is 13.2 Å². The van der Waals surface area contributed by atoms with E-state index >= 15 is 0 Å². The molecule has 0 saturated carbocycles. The lowest BCUT2D eigenvalue weighted by atomic mass is 10.0. The van der Waals surface area contributed by atoms with Crippen LogP contribution >= 0.6 is 0 Å². The van der Waals surface area contributed by atoms with Gasteiger partial charge in [0.2, 0.25) is 0 Å². The van der Waals surface area contributed by atoms with E-state index < -0.39 is 0 Å². The van der Waals surface area contributed by atoms with Crippen LogP contribution in [-0.4, -0.2) is 5.11 Å². The molecule has 0 aliphatic carbocycles. The van der Waals surface area contributed by atoms with Crippen molar-refractivity contribution in [3.63, 3.8) is 0 Å². The Kier molecular flexibility index (Phi) is 5.37. The summed E-state index contributed by atoms with van der Waals surface area (Å²) in [4.78, 5) is 0. The van der Waals surface area contributed by atoms with E-state index in [9.17, 15) is 0 Å². The van der Waals surface area contributed by atoms with Crippen molar-refractivity contribution in [2.24, 2.45) is 0 Å². The number of hydrogen-bond donors (Lipinski definition) is 1. The molecular weight excluding hydrogens is 160 g/mol. The van der Waals surface area contributed by atoms with E-state index in [0.717, 1.165) is 11.1 Å². The zero-order valence-corrected chi connectivity index (χ0v) is 8.25. The van der Waals surface area contributed by atoms with Gasteiger partial charge in [0.15, 0.2) is 0 Å². The molecule has 0 aromatic heterocycles. The van der Waals surface area contributed by atoms with Crippen LogP contribution in [0.1, 0.15) is 13.8 Å². The van der Waals surface area contributed by atoms with Crippen molar-refractivity contribution in [3.05, 3.63) is 60.4 Å². The first-order chi connectivity index (χ1) is 6.15. The monoisotopic (exact) mass is 176 g/mol. The number of aliphatic hydroxyl groups is 1. The summed E-state index contributed by atoms with van der Waals surface area (Å²) in [5.41, 5.74) is 1.89. The Balaban J connectivity index is 4.98. The third kappa shape index (κ3) is 4.16. The van der Waals surface area contributed by atoms with Gasteiger partial charge in [0.1, 0.15) is 0 Å². The molecule has 0 unspecified atom stereocenters. The minimum atomic E-state index is 0.282. The summed E-state index contributed by atoms with van der Waals surface area (Å²) in [5.74, 6) is 0.282. The van der Waals surface area contributed by atoms with Gasteiger partial charge in [-0.1, -0.05) is 37.5 Å². The summed E-state index contributed by atoms with van der Waals surface area (Å²) in [5, 5.41) is 9.10. The van der Waals surface area contributed by atoms with Crippen molar-refractivity contribution >= 4 is 0 Å². The van der Waals surface area contributed by atoms with E-state index in [1.807, 2.05) is 19.1 Å². The fourth-order valence-electron chi connectivity index (χ4n) is 0.967. The minimum Gasteiger partial charge on any atom is -0.513 e. The Morgan fingerprint density at radius 2 is 1.85 bits per heavy atom. The largest absolute Gasteiger partial charge is 0.513 e. The summed E-state index contributed by atoms with van der Waals surface area (Å²) >= 11 is 0. The van der Waals surface area contributed by atoms with Gasteiger partial charge < -0.3 is 5.11 Å². The van der Waals surface area contributed by atoms with Crippen molar-refractivity contribution in [1.29, 1.82) is 0 Å². The highest BCUT2D eigenvalue weighted by Crippen LogP contribution is 2.14. The maximum atomic E-state index is 9.10. The summed E-state index contributed by atoms with van der Waals surface area (Å²) in [6, 6.07) is 0. The van der Waals surface area contributed by atoms with Crippen LogP contribution in [0.2, 0.25) is 0 Å². The highest BCUT2D eigenvalue weighted by molar-refractivity contribution is 5.47. The number of rotatable bonds is 4. The summed E-state index contributed by atoms with van der Waals surface area (Å²) in [7, 11) is 0. The SMILES string of the molecule is C=C\C=C(C=C)/C(=C\C)/C=C(\C)O. The molecule has 70 valence electrons. The molecule has 0 spiro atoms. The van der Waals surface area contributed by atoms with Gasteiger partial charge in [-0.2, -0.15) is 0 Å². The molecule has 13 heavy (non-hydrogen) atoms. The van der Waals surface area contributed by atoms with E-state index in [1.54, 1.807) is 25.2 Å². The van der Waals surface area contributed by atoms with Gasteiger partial charge in [-0.05, 0) is 31.1 Å². The molecule has 0 radical (unpaired) electrons. The number of allylic oxidation sites excluding steroid dienone is 8. The van der Waals surface area contributed by atoms with Gasteiger partial charge in [-0.3, -0.25) is 0 Å². The second kappa shape index (κ2) is 6.06. The molecule has 0 atom stereocenters. The van der Waals surface area contributed by atoms with E-state index in [-0.39, 0.29) is 5.76 Å². The smallest absolute Gasteiger partial charge is 0.0897 e. The van der Waals surface area contributed by atoms with Crippen LogP contribution in [0, 0.1) is 0 Å². The van der Waals surface area contributed by atoms with Crippen LogP contribution in [0.3, 0.4) is 0 Å². The van der Waals surface area contributed by atoms with Crippen LogP contribution in [0.4, 0.5) is 0 Å². The number of aliphatic hydroxyl groups excluding tert-OH is 1. The first kappa shape index (κ1) is 11.5. The van der Waals surface area contributed by atoms with Crippen molar-refractivity contribution in [2.45, 2.75) is 13.8 Å². The maximum absolute atomic E-state index is 9.10. The van der Waals surface area contributed by atoms with Crippen molar-refractivity contribution in [2.75, 3.05) is 0 Å². The Morgan fingerprint density at radius 3 is 2.15 bits per heavy atom. The third-order valence-corrected chi connectivity index (χ3v) is 1.53. The fraction of sp³-hybridized carbons (Fsp3) is 0.167. The summed E-state index contributed by atoms with van der Waals surface area (Å²) in [6.45, 7) is 10.8. The van der Waals surface area contributed by atoms with Gasteiger partial charge in [0, 0.05) is 0 Å². The first-order valence-electron chi connectivity index (χ1n) is 4.14. The fourth-order valence-corrected chi connectivity index (χ4v) is 0.967. The van der Waals surface area contributed by atoms with Gasteiger partial charge in [0.25, 0.3) is 0 Å². The average Bonchev–Trinajstić information content (AvgIpc) is 2.10. The lowest BCUT2D eigenvalue weighted by molar-refractivity contribution is 0.414. The molecular formula is C12H16O. The Bertz CT molecular complexity index is 273. The van der Waals surface area contributed by atoms with E-state index in [1.165, 1.54) is 0 Å². The van der Waals surface area contributed by atoms with Gasteiger partial charge in [0.05, 0.1) is 5.76 Å². The molecule has 0 fully saturated rings. The van der Waals surface area contributed by atoms with Crippen molar-refractivity contribution < 1.29 is 5.11 Å². The second-order valence-corrected chi connectivity index (χ2v) is 2.59. The van der Waals surface area contributed by atoms with Crippen LogP contribution in [0.25, 0.3) is 0 Å². The minimum absolute atomic E-state index is 0.282. The second-order valence-electron chi connectivity index (χ2n) is 2.59. The van der Waals surface area contributed by atoms with Crippen LogP contribution in [0.5, 0.6) is 0 Å². The zero-order chi connectivity index (χ0) is 10.3. The summed E-state index contributed by atoms with van der Waals surface area (Å²) in [6.07, 6.45) is 8.88. The van der Waals surface area contributed by atoms with Gasteiger partial charge >= 0.3 is 0 Å². The normalized spacial score (nSPS) is 14.2. The topological polar surface area (TPSA) is 20.2 Å². The van der Waals surface area contributed by atoms with Crippen LogP contribution in [-0.2, 0) is 0 Å². The quantitative estimate of drug-likeness (QED) is 0.511. The van der Waals surface area contributed by atoms with Gasteiger partial charge in [-0.15, -0.1) is 0 Å². The maximum Gasteiger partial charge on any atom is 0.0897 e. The molecule has 1 N–H and O–H groups in total. The van der Waals surface area contributed by atoms with E-state index in [0.29, 0.717) is 0 Å². The molecule has 0 amide bonds. The molecule has 0 aromatic rings. The lowest BCUT2D eigenvalue weighted by Crippen LogP contribution is -1.84. The first-order valence-corrected chi connectivity index (χ1v) is 4.14. The number of hydrogen-bond acceptors (Lipinski definition) is 1. The molecule has 0 saturated heterocycles. The lowest BCUT2D eigenvalue weighted by Gasteiger charge is -2.01. The molecule has 1 nitrogen and oxygen atoms in total. The highest BCUT2D eigenvalue weighted by atomic mass is 16.3. The van der Waals surface area contributed by atoms with Crippen LogP contribution < -0.4 is 0 Å². The van der Waals surface area contributed by atoms with E-state index in [4.69, 9.17) is 5.11 Å². The third-order valence-electron chi connectivity index (χ3n) is 1.53. The predicted molar refractivity (Wildman–Crippen MR) is 58.6 cm³/mol. The Morgan fingerprint density at radius 1 is 1.23 bits per heavy atom. The molecule has 0 heterocycles. The zero-order valence-electron chi connectivity index (χ0n) is 8.25. The summed E-state index contributed by atoms with van der Waals surface area (Å²) < 4.78 is 0. The standard InChI is InChI=1S/C12H16O/c1-5-8-11(6-2)12(7-3)9-10(4)13/h5-9,13H,1-2H2,3-4H3/b10-9+,11-8-,12-7-. The molecule has 0 aliphatic heterocycles. The van der Waals surface area contributed by atoms with Crippen molar-refractivity contribution in [1.82, 2.24) is 0 Å². The average molecular weight is 176 g/mol. The Hall–Kier alpha value is -1.50. The van der Waals surface area contributed by atoms with Crippen molar-refractivity contribution in [3.8, 4) is 0 Å². The molecule has 0 aromatic carbocycles. The van der Waals surface area contributed by atoms with Gasteiger partial charge in [-0.25, -0.2) is 0 Å². The predicted octanol–water partition coefficient (Wildman–Crippen LogP) is 3.69. The highest BCUT2D eigenvalue weighted by Gasteiger charge is 1.96. The molecule has 0 aliphatic rings. The molecule has 0 rings (SSSR count).